The highest BCUT2D eigenvalue weighted by Gasteiger charge is 2.48. The van der Waals surface area contributed by atoms with Crippen molar-refractivity contribution in [2.75, 3.05) is 0 Å². The number of hydrogen-bond donors (Lipinski definition) is 8. The van der Waals surface area contributed by atoms with Crippen molar-refractivity contribution in [2.45, 2.75) is 0 Å². The Morgan fingerprint density at radius 2 is 0.565 bits per heavy atom. The summed E-state index contributed by atoms with van der Waals surface area (Å²) < 4.78 is 95.0. The summed E-state index contributed by atoms with van der Waals surface area (Å²) in [6.07, 6.45) is 0. The van der Waals surface area contributed by atoms with Crippen molar-refractivity contribution in [3.8, 4) is 46.0 Å². The molecule has 0 aliphatic rings. The van der Waals surface area contributed by atoms with Crippen LogP contribution in [0.1, 0.15) is 0 Å². The number of phenols is 8. The molecule has 0 aliphatic heterocycles. The van der Waals surface area contributed by atoms with Crippen molar-refractivity contribution in [3.63, 3.8) is 0 Å². The van der Waals surface area contributed by atoms with Gasteiger partial charge in [-0.2, -0.15) is 0 Å². The van der Waals surface area contributed by atoms with Crippen molar-refractivity contribution in [1.29, 1.82) is 0 Å². The normalized spacial score (nSPS) is 11.9. The van der Waals surface area contributed by atoms with Gasteiger partial charge in [-0.05, 0) is 48.5 Å². The largest absolute Gasteiger partial charge is 0.508 e. The Bertz CT molecular complexity index is 1880. The van der Waals surface area contributed by atoms with Gasteiger partial charge < -0.3 is 50.0 Å². The van der Waals surface area contributed by atoms with Gasteiger partial charge in [0.25, 0.3) is 0 Å². The molecule has 0 heterocycles. The molecule has 5 aromatic rings. The summed E-state index contributed by atoms with van der Waals surface area (Å²) >= 11 is 0. The summed E-state index contributed by atoms with van der Waals surface area (Å²) in [5.41, 5.74) is 0. The molecule has 238 valence electrons. The topological polar surface area (TPSA) is 196 Å². The van der Waals surface area contributed by atoms with Crippen molar-refractivity contribution < 1.29 is 67.5 Å². The van der Waals surface area contributed by atoms with Crippen LogP contribution in [0.25, 0.3) is 0 Å². The van der Waals surface area contributed by atoms with E-state index in [2.05, 4.69) is 0 Å². The van der Waals surface area contributed by atoms with Gasteiger partial charge in [-0.25, -0.2) is 17.6 Å². The number of halogens is 4. The molecule has 8 N–H and O–H groups in total. The quantitative estimate of drug-likeness (QED) is 0.0751. The number of hydrogen-bond acceptors (Lipinski definition) is 10. The minimum atomic E-state index is -5.48. The van der Waals surface area contributed by atoms with E-state index in [9.17, 15) is 50.0 Å². The van der Waals surface area contributed by atoms with Gasteiger partial charge in [0, 0.05) is 24.3 Å². The lowest BCUT2D eigenvalue weighted by Gasteiger charge is -2.26. The van der Waals surface area contributed by atoms with E-state index in [1.165, 1.54) is 0 Å². The number of aromatic hydroxyl groups is 8. The lowest BCUT2D eigenvalue weighted by molar-refractivity contribution is 0.450. The summed E-state index contributed by atoms with van der Waals surface area (Å²) in [4.78, 5) is 0. The minimum absolute atomic E-state index is 0.589. The van der Waals surface area contributed by atoms with Gasteiger partial charge >= 0.3 is 0 Å². The molecule has 0 saturated carbocycles. The maximum Gasteiger partial charge on any atom is 0.184 e. The Morgan fingerprint density at radius 1 is 0.370 bits per heavy atom. The van der Waals surface area contributed by atoms with Crippen LogP contribution in [0.4, 0.5) is 17.6 Å². The van der Waals surface area contributed by atoms with Gasteiger partial charge in [-0.1, -0.05) is 0 Å². The number of benzene rings is 5. The van der Waals surface area contributed by atoms with E-state index in [1.54, 1.807) is 0 Å². The van der Waals surface area contributed by atoms with Crippen LogP contribution < -0.4 is 31.8 Å². The molecule has 16 heteroatoms. The maximum atomic E-state index is 16.3. The van der Waals surface area contributed by atoms with Crippen LogP contribution in [0, 0.1) is 23.3 Å². The zero-order chi connectivity index (χ0) is 33.9. The lowest BCUT2D eigenvalue weighted by atomic mass is 10.3. The monoisotopic (exact) mass is 678 g/mol. The van der Waals surface area contributed by atoms with Crippen LogP contribution in [0.3, 0.4) is 0 Å². The second kappa shape index (κ2) is 11.2. The van der Waals surface area contributed by atoms with E-state index in [4.69, 9.17) is 0 Å². The van der Waals surface area contributed by atoms with Crippen LogP contribution in [-0.4, -0.2) is 40.9 Å². The van der Waals surface area contributed by atoms with Crippen LogP contribution in [0.2, 0.25) is 0 Å². The first-order valence-electron chi connectivity index (χ1n) is 12.7. The van der Waals surface area contributed by atoms with E-state index in [1.807, 2.05) is 0 Å². The number of rotatable bonds is 6. The zero-order valence-corrected chi connectivity index (χ0v) is 24.5. The summed E-state index contributed by atoms with van der Waals surface area (Å²) in [7, 11) is -11.0. The van der Waals surface area contributed by atoms with Gasteiger partial charge in [0.15, 0.2) is 37.6 Å². The van der Waals surface area contributed by atoms with Gasteiger partial charge in [0.05, 0.1) is 31.8 Å². The van der Waals surface area contributed by atoms with Crippen molar-refractivity contribution in [1.82, 2.24) is 0 Å². The Balaban J connectivity index is 1.95. The molecular formula is C30H20F4O10P2. The standard InChI is InChI=1S/C30H20F4O10P2/c31-25-27(33)30(46(44,23-7-3-15(37)11-19(23)41)24-8-4-16(38)12-20(24)42)28(34)26(32)29(25)45(43,21-5-1-13(35)9-17(21)39)22-6-2-14(36)10-18(22)40/h1-12,35-42H. The van der Waals surface area contributed by atoms with Crippen LogP contribution in [-0.2, 0) is 9.13 Å². The van der Waals surface area contributed by atoms with E-state index >= 15 is 17.6 Å². The molecule has 0 radical (unpaired) electrons. The predicted octanol–water partition coefficient (Wildman–Crippen LogP) is 3.17. The third-order valence-electron chi connectivity index (χ3n) is 7.04. The Labute approximate surface area is 255 Å². The first-order valence-corrected chi connectivity index (χ1v) is 16.1. The maximum absolute atomic E-state index is 16.3. The predicted molar refractivity (Wildman–Crippen MR) is 158 cm³/mol. The van der Waals surface area contributed by atoms with E-state index in [0.29, 0.717) is 48.5 Å². The van der Waals surface area contributed by atoms with Crippen LogP contribution in [0.5, 0.6) is 46.0 Å². The fraction of sp³-hybridized carbons (Fsp3) is 0. The highest BCUT2D eigenvalue weighted by molar-refractivity contribution is 7.86. The molecule has 0 aliphatic carbocycles. The van der Waals surface area contributed by atoms with Crippen LogP contribution in [0.15, 0.2) is 72.8 Å². The van der Waals surface area contributed by atoms with Crippen molar-refractivity contribution in [3.05, 3.63) is 96.1 Å². The van der Waals surface area contributed by atoms with Crippen molar-refractivity contribution in [2.24, 2.45) is 0 Å². The molecule has 46 heavy (non-hydrogen) atoms. The van der Waals surface area contributed by atoms with Crippen LogP contribution >= 0.6 is 14.3 Å². The Morgan fingerprint density at radius 3 is 0.739 bits per heavy atom. The molecule has 5 rings (SSSR count). The molecular weight excluding hydrogens is 658 g/mol. The number of phenolic OH excluding ortho intramolecular Hbond substituents is 8. The van der Waals surface area contributed by atoms with Gasteiger partial charge in [-0.3, -0.25) is 0 Å². The SMILES string of the molecule is O=P(c1ccc(O)cc1O)(c1ccc(O)cc1O)c1c(F)c(F)c(P(=O)(c2ccc(O)cc2O)c2ccc(O)cc2O)c(F)c1F. The summed E-state index contributed by atoms with van der Waals surface area (Å²) in [5.74, 6) is -16.6. The highest BCUT2D eigenvalue weighted by atomic mass is 31.2. The fourth-order valence-corrected chi connectivity index (χ4v) is 10.7. The van der Waals surface area contributed by atoms with Gasteiger partial charge in [0.2, 0.25) is 0 Å². The molecule has 0 bridgehead atoms. The molecule has 0 amide bonds. The summed E-state index contributed by atoms with van der Waals surface area (Å²) in [6.45, 7) is 0. The molecule has 0 fully saturated rings. The Kier molecular flexibility index (Phi) is 7.84. The summed E-state index contributed by atoms with van der Waals surface area (Å²) in [6, 6.07) is 8.41. The molecule has 0 unspecified atom stereocenters. The first kappa shape index (κ1) is 32.1. The second-order valence-electron chi connectivity index (χ2n) is 9.86. The third-order valence-corrected chi connectivity index (χ3v) is 13.3. The van der Waals surface area contributed by atoms with E-state index < -0.39 is 115 Å². The summed E-state index contributed by atoms with van der Waals surface area (Å²) in [5, 5.41) is 73.8. The van der Waals surface area contributed by atoms with Gasteiger partial charge in [0.1, 0.15) is 46.0 Å². The molecule has 10 nitrogen and oxygen atoms in total. The molecule has 5 aromatic carbocycles. The zero-order valence-electron chi connectivity index (χ0n) is 22.7. The van der Waals surface area contributed by atoms with E-state index in [0.717, 1.165) is 24.3 Å². The first-order chi connectivity index (χ1) is 21.5. The second-order valence-corrected chi connectivity index (χ2v) is 15.1. The van der Waals surface area contributed by atoms with E-state index in [-0.39, 0.29) is 0 Å². The molecule has 0 atom stereocenters. The lowest BCUT2D eigenvalue weighted by Crippen LogP contribution is -2.38. The smallest absolute Gasteiger partial charge is 0.184 e. The average Bonchev–Trinajstić information content (AvgIpc) is 2.96. The molecule has 0 spiro atoms. The molecule has 0 saturated heterocycles. The third kappa shape index (κ3) is 4.83. The highest BCUT2D eigenvalue weighted by Crippen LogP contribution is 2.53. The minimum Gasteiger partial charge on any atom is -0.508 e. The Hall–Kier alpha value is -5.32. The average molecular weight is 678 g/mol. The van der Waals surface area contributed by atoms with Gasteiger partial charge in [-0.15, -0.1) is 0 Å². The van der Waals surface area contributed by atoms with Crippen molar-refractivity contribution >= 4 is 46.1 Å². The fourth-order valence-electron chi connectivity index (χ4n) is 5.02. The molecule has 0 aromatic heterocycles.